The van der Waals surface area contributed by atoms with Gasteiger partial charge in [0, 0.05) is 5.88 Å². The van der Waals surface area contributed by atoms with Crippen LogP contribution < -0.4 is 0 Å². The van der Waals surface area contributed by atoms with Gasteiger partial charge in [-0.25, -0.2) is 4.79 Å². The molecule has 0 bridgehead atoms. The van der Waals surface area contributed by atoms with Gasteiger partial charge in [-0.3, -0.25) is 0 Å². The summed E-state index contributed by atoms with van der Waals surface area (Å²) in [7, 11) is 0. The quantitative estimate of drug-likeness (QED) is 0.717. The van der Waals surface area contributed by atoms with E-state index in [4.69, 9.17) is 16.7 Å². The standard InChI is InChI=1S/C9H9ClO2/c1-6-2-3-7(5-10)4-8(6)9(11)12/h2-4H,5H2,1H3,(H,11,12). The predicted molar refractivity (Wildman–Crippen MR) is 47.7 cm³/mol. The van der Waals surface area contributed by atoms with Gasteiger partial charge in [0.15, 0.2) is 0 Å². The van der Waals surface area contributed by atoms with Gasteiger partial charge < -0.3 is 5.11 Å². The fourth-order valence-corrected chi connectivity index (χ4v) is 1.15. The summed E-state index contributed by atoms with van der Waals surface area (Å²) in [6.07, 6.45) is 0. The molecule has 1 rings (SSSR count). The number of carboxylic acids is 1. The molecule has 0 aromatic heterocycles. The molecule has 0 amide bonds. The van der Waals surface area contributed by atoms with E-state index < -0.39 is 5.97 Å². The molecule has 0 fully saturated rings. The Hall–Kier alpha value is -1.02. The van der Waals surface area contributed by atoms with E-state index in [2.05, 4.69) is 0 Å². The van der Waals surface area contributed by atoms with Crippen molar-refractivity contribution in [3.63, 3.8) is 0 Å². The van der Waals surface area contributed by atoms with Gasteiger partial charge in [0.2, 0.25) is 0 Å². The molecule has 0 atom stereocenters. The minimum Gasteiger partial charge on any atom is -0.478 e. The number of hydrogen-bond donors (Lipinski definition) is 1. The molecule has 0 saturated heterocycles. The highest BCUT2D eigenvalue weighted by Gasteiger charge is 2.06. The van der Waals surface area contributed by atoms with E-state index in [0.717, 1.165) is 11.1 Å². The summed E-state index contributed by atoms with van der Waals surface area (Å²) < 4.78 is 0. The molecule has 12 heavy (non-hydrogen) atoms. The molecule has 0 spiro atoms. The smallest absolute Gasteiger partial charge is 0.335 e. The number of hydrogen-bond acceptors (Lipinski definition) is 1. The van der Waals surface area contributed by atoms with E-state index in [1.807, 2.05) is 6.07 Å². The Morgan fingerprint density at radius 3 is 2.75 bits per heavy atom. The van der Waals surface area contributed by atoms with Crippen LogP contribution in [0.2, 0.25) is 0 Å². The SMILES string of the molecule is Cc1ccc(CCl)cc1C(=O)O. The molecule has 1 N–H and O–H groups in total. The highest BCUT2D eigenvalue weighted by Crippen LogP contribution is 2.12. The van der Waals surface area contributed by atoms with Crippen LogP contribution in [0.3, 0.4) is 0 Å². The normalized spacial score (nSPS) is 9.83. The van der Waals surface area contributed by atoms with Crippen molar-refractivity contribution in [3.05, 3.63) is 34.9 Å². The van der Waals surface area contributed by atoms with Crippen molar-refractivity contribution in [2.75, 3.05) is 0 Å². The summed E-state index contributed by atoms with van der Waals surface area (Å²) in [5.74, 6) is -0.555. The maximum atomic E-state index is 10.6. The highest BCUT2D eigenvalue weighted by atomic mass is 35.5. The second-order valence-corrected chi connectivity index (χ2v) is 2.86. The molecule has 0 heterocycles. The van der Waals surface area contributed by atoms with E-state index >= 15 is 0 Å². The van der Waals surface area contributed by atoms with E-state index in [9.17, 15) is 4.79 Å². The Balaban J connectivity index is 3.17. The van der Waals surface area contributed by atoms with Gasteiger partial charge >= 0.3 is 5.97 Å². The molecule has 0 unspecified atom stereocenters. The first-order chi connectivity index (χ1) is 5.65. The summed E-state index contributed by atoms with van der Waals surface area (Å²) in [6.45, 7) is 1.77. The van der Waals surface area contributed by atoms with Gasteiger partial charge in [-0.05, 0) is 24.1 Å². The first-order valence-corrected chi connectivity index (χ1v) is 4.07. The summed E-state index contributed by atoms with van der Waals surface area (Å²) in [5.41, 5.74) is 1.92. The number of aryl methyl sites for hydroxylation is 1. The zero-order chi connectivity index (χ0) is 9.14. The lowest BCUT2D eigenvalue weighted by atomic mass is 10.1. The van der Waals surface area contributed by atoms with Crippen LogP contribution in [-0.4, -0.2) is 11.1 Å². The summed E-state index contributed by atoms with van der Waals surface area (Å²) in [4.78, 5) is 10.6. The van der Waals surface area contributed by atoms with E-state index in [-0.39, 0.29) is 0 Å². The number of carbonyl (C=O) groups is 1. The van der Waals surface area contributed by atoms with Gasteiger partial charge in [-0.15, -0.1) is 11.6 Å². The number of rotatable bonds is 2. The molecular formula is C9H9ClO2. The van der Waals surface area contributed by atoms with Crippen molar-refractivity contribution in [1.82, 2.24) is 0 Å². The fraction of sp³-hybridized carbons (Fsp3) is 0.222. The molecule has 1 aromatic carbocycles. The van der Waals surface area contributed by atoms with E-state index in [0.29, 0.717) is 11.4 Å². The molecule has 0 saturated carbocycles. The van der Waals surface area contributed by atoms with E-state index in [1.165, 1.54) is 0 Å². The number of alkyl halides is 1. The largest absolute Gasteiger partial charge is 0.478 e. The van der Waals surface area contributed by atoms with Gasteiger partial charge in [0.05, 0.1) is 5.56 Å². The lowest BCUT2D eigenvalue weighted by Crippen LogP contribution is -2.00. The lowest BCUT2D eigenvalue weighted by molar-refractivity contribution is 0.0696. The topological polar surface area (TPSA) is 37.3 Å². The van der Waals surface area contributed by atoms with Gasteiger partial charge in [-0.2, -0.15) is 0 Å². The van der Waals surface area contributed by atoms with Crippen molar-refractivity contribution in [1.29, 1.82) is 0 Å². The zero-order valence-corrected chi connectivity index (χ0v) is 7.43. The van der Waals surface area contributed by atoms with Crippen LogP contribution in [0.1, 0.15) is 21.5 Å². The Labute approximate surface area is 75.8 Å². The molecular weight excluding hydrogens is 176 g/mol. The molecule has 0 aliphatic rings. The summed E-state index contributed by atoms with van der Waals surface area (Å²) in [6, 6.07) is 5.20. The molecule has 0 aliphatic carbocycles. The first-order valence-electron chi connectivity index (χ1n) is 3.54. The van der Waals surface area contributed by atoms with Crippen molar-refractivity contribution in [2.45, 2.75) is 12.8 Å². The van der Waals surface area contributed by atoms with Crippen LogP contribution >= 0.6 is 11.6 Å². The third-order valence-corrected chi connectivity index (χ3v) is 2.00. The zero-order valence-electron chi connectivity index (χ0n) is 6.67. The van der Waals surface area contributed by atoms with Crippen LogP contribution in [0.5, 0.6) is 0 Å². The average Bonchev–Trinajstić information content (AvgIpc) is 2.05. The van der Waals surface area contributed by atoms with Gasteiger partial charge in [-0.1, -0.05) is 12.1 Å². The maximum Gasteiger partial charge on any atom is 0.335 e. The Morgan fingerprint density at radius 1 is 1.58 bits per heavy atom. The lowest BCUT2D eigenvalue weighted by Gasteiger charge is -2.01. The molecule has 0 aliphatic heterocycles. The van der Waals surface area contributed by atoms with Crippen LogP contribution in [0, 0.1) is 6.92 Å². The summed E-state index contributed by atoms with van der Waals surface area (Å²) >= 11 is 5.56. The molecule has 3 heteroatoms. The monoisotopic (exact) mass is 184 g/mol. The second-order valence-electron chi connectivity index (χ2n) is 2.59. The minimum absolute atomic E-state index is 0.327. The minimum atomic E-state index is -0.903. The third kappa shape index (κ3) is 1.77. The van der Waals surface area contributed by atoms with Gasteiger partial charge in [0.1, 0.15) is 0 Å². The van der Waals surface area contributed by atoms with E-state index in [1.54, 1.807) is 19.1 Å². The second kappa shape index (κ2) is 3.59. The Bertz CT molecular complexity index is 307. The van der Waals surface area contributed by atoms with Crippen molar-refractivity contribution in [3.8, 4) is 0 Å². The van der Waals surface area contributed by atoms with Crippen LogP contribution in [0.25, 0.3) is 0 Å². The number of carboxylic acid groups (broad SMARTS) is 1. The molecule has 0 radical (unpaired) electrons. The fourth-order valence-electron chi connectivity index (χ4n) is 0.983. The molecule has 2 nitrogen and oxygen atoms in total. The number of benzene rings is 1. The molecule has 1 aromatic rings. The highest BCUT2D eigenvalue weighted by molar-refractivity contribution is 6.17. The van der Waals surface area contributed by atoms with Crippen LogP contribution in [-0.2, 0) is 5.88 Å². The molecule has 64 valence electrons. The third-order valence-electron chi connectivity index (χ3n) is 1.69. The maximum absolute atomic E-state index is 10.6. The van der Waals surface area contributed by atoms with Gasteiger partial charge in [0.25, 0.3) is 0 Å². The Morgan fingerprint density at radius 2 is 2.25 bits per heavy atom. The average molecular weight is 185 g/mol. The number of halogens is 1. The van der Waals surface area contributed by atoms with Crippen molar-refractivity contribution in [2.24, 2.45) is 0 Å². The first kappa shape index (κ1) is 9.07. The summed E-state index contributed by atoms with van der Waals surface area (Å²) in [5, 5.41) is 8.74. The van der Waals surface area contributed by atoms with Crippen molar-refractivity contribution >= 4 is 17.6 Å². The predicted octanol–water partition coefficient (Wildman–Crippen LogP) is 2.43. The van der Waals surface area contributed by atoms with Crippen molar-refractivity contribution < 1.29 is 9.90 Å². The van der Waals surface area contributed by atoms with Crippen LogP contribution in [0.15, 0.2) is 18.2 Å². The van der Waals surface area contributed by atoms with Crippen LogP contribution in [0.4, 0.5) is 0 Å². The number of aromatic carboxylic acids is 1. The Kier molecular flexibility index (Phi) is 2.71.